The van der Waals surface area contributed by atoms with E-state index in [1.807, 2.05) is 48.5 Å². The molecule has 1 atom stereocenters. The molecule has 45 heavy (non-hydrogen) atoms. The second-order valence-corrected chi connectivity index (χ2v) is 12.1. The van der Waals surface area contributed by atoms with Gasteiger partial charge >= 0.3 is 5.97 Å². The van der Waals surface area contributed by atoms with Gasteiger partial charge in [-0.2, -0.15) is 0 Å². The van der Waals surface area contributed by atoms with Crippen LogP contribution in [-0.2, 0) is 27.5 Å². The molecule has 0 radical (unpaired) electrons. The zero-order valence-corrected chi connectivity index (χ0v) is 28.4. The lowest BCUT2D eigenvalue weighted by Gasteiger charge is -2.37. The van der Waals surface area contributed by atoms with E-state index in [-0.39, 0.29) is 5.91 Å². The summed E-state index contributed by atoms with van der Waals surface area (Å²) in [5, 5.41) is 27.3. The van der Waals surface area contributed by atoms with Crippen LogP contribution in [0.3, 0.4) is 0 Å². The fourth-order valence-electron chi connectivity index (χ4n) is 5.38. The van der Waals surface area contributed by atoms with Gasteiger partial charge in [-0.15, -0.1) is 0 Å². The Morgan fingerprint density at radius 3 is 1.80 bits per heavy atom. The molecule has 1 fully saturated rings. The van der Waals surface area contributed by atoms with Gasteiger partial charge < -0.3 is 29.8 Å². The summed E-state index contributed by atoms with van der Waals surface area (Å²) in [7, 11) is 0. The summed E-state index contributed by atoms with van der Waals surface area (Å²) in [4.78, 5) is 37.0. The van der Waals surface area contributed by atoms with Crippen LogP contribution in [0.15, 0.2) is 53.5 Å². The maximum Gasteiger partial charge on any atom is 0.326 e. The van der Waals surface area contributed by atoms with E-state index in [1.54, 1.807) is 0 Å². The Morgan fingerprint density at radius 2 is 1.40 bits per heavy atom. The molecule has 0 bridgehead atoms. The summed E-state index contributed by atoms with van der Waals surface area (Å²) >= 11 is 12.8. The number of hydrogen-bond acceptors (Lipinski definition) is 5. The topological polar surface area (TPSA) is 131 Å². The highest BCUT2D eigenvalue weighted by Gasteiger charge is 2.27. The van der Waals surface area contributed by atoms with Crippen LogP contribution in [0, 0.1) is 0 Å². The van der Waals surface area contributed by atoms with Gasteiger partial charge in [0.1, 0.15) is 19.1 Å². The Bertz CT molecular complexity index is 1300. The van der Waals surface area contributed by atoms with E-state index in [0.717, 1.165) is 69.4 Å². The van der Waals surface area contributed by atoms with Crippen molar-refractivity contribution >= 4 is 46.9 Å². The quantitative estimate of drug-likeness (QED) is 0.152. The Hall–Kier alpha value is -3.18. The molecule has 2 aromatic carbocycles. The number of nitrogens with zero attached hydrogens (tertiary/aromatic N) is 3. The van der Waals surface area contributed by atoms with E-state index in [4.69, 9.17) is 28.3 Å². The first kappa shape index (κ1) is 38.0. The van der Waals surface area contributed by atoms with E-state index in [0.29, 0.717) is 39.0 Å². The predicted octanol–water partition coefficient (Wildman–Crippen LogP) is 3.63. The van der Waals surface area contributed by atoms with Gasteiger partial charge in [0.15, 0.2) is 0 Å². The number of carbonyl (C=O) groups excluding carboxylic acids is 2. The van der Waals surface area contributed by atoms with Crippen molar-refractivity contribution < 1.29 is 33.6 Å². The molecule has 1 aliphatic rings. The largest absolute Gasteiger partial charge is 0.855 e. The summed E-state index contributed by atoms with van der Waals surface area (Å²) < 4.78 is 1.52. The van der Waals surface area contributed by atoms with Crippen LogP contribution in [0.5, 0.6) is 0 Å². The van der Waals surface area contributed by atoms with E-state index >= 15 is 0 Å². The number of amides is 2. The SMILES string of the molecule is CC[N+](CC)(CCN=C([O-])C(=O)NCC[N+](CC)(CC)Cc1ccccc1Cl)Cc1ccccc1Cl.O=C1CC[C@@H](C(=O)O)N1. The van der Waals surface area contributed by atoms with E-state index in [2.05, 4.69) is 43.3 Å². The fourth-order valence-corrected chi connectivity index (χ4v) is 5.77. The molecule has 1 heterocycles. The number of aliphatic carboxylic acids is 1. The second kappa shape index (κ2) is 18.7. The van der Waals surface area contributed by atoms with Crippen molar-refractivity contribution in [3.8, 4) is 0 Å². The number of benzene rings is 2. The van der Waals surface area contributed by atoms with Crippen molar-refractivity contribution in [3.05, 3.63) is 69.7 Å². The molecule has 0 saturated carbocycles. The minimum atomic E-state index is -0.944. The molecule has 3 N–H and O–H groups in total. The number of carboxylic acid groups (broad SMARTS) is 1. The van der Waals surface area contributed by atoms with Crippen LogP contribution < -0.4 is 15.7 Å². The smallest absolute Gasteiger partial charge is 0.326 e. The van der Waals surface area contributed by atoms with Crippen molar-refractivity contribution in [3.63, 3.8) is 0 Å². The van der Waals surface area contributed by atoms with Crippen molar-refractivity contribution in [2.24, 2.45) is 4.99 Å². The van der Waals surface area contributed by atoms with Crippen LogP contribution in [0.25, 0.3) is 0 Å². The van der Waals surface area contributed by atoms with Crippen LogP contribution in [0.2, 0.25) is 10.0 Å². The average molecular weight is 666 g/mol. The molecule has 0 unspecified atom stereocenters. The first-order valence-electron chi connectivity index (χ1n) is 15.6. The number of aliphatic imine (C=N–C) groups is 1. The third-order valence-corrected chi connectivity index (χ3v) is 9.54. The Labute approximate surface area is 277 Å². The zero-order chi connectivity index (χ0) is 33.5. The molecule has 12 heteroatoms. The normalized spacial score (nSPS) is 15.2. The van der Waals surface area contributed by atoms with Crippen LogP contribution in [-0.4, -0.2) is 96.2 Å². The van der Waals surface area contributed by atoms with Crippen LogP contribution in [0.4, 0.5) is 0 Å². The zero-order valence-electron chi connectivity index (χ0n) is 26.9. The number of hydrogen-bond donors (Lipinski definition) is 3. The van der Waals surface area contributed by atoms with Crippen molar-refractivity contribution in [2.45, 2.75) is 59.7 Å². The number of nitrogens with one attached hydrogen (secondary N) is 2. The molecule has 0 spiro atoms. The third-order valence-electron chi connectivity index (χ3n) is 8.80. The minimum absolute atomic E-state index is 0.164. The van der Waals surface area contributed by atoms with E-state index < -0.39 is 23.8 Å². The van der Waals surface area contributed by atoms with Gasteiger partial charge in [0.2, 0.25) is 5.91 Å². The summed E-state index contributed by atoms with van der Waals surface area (Å²) in [6.45, 7) is 15.7. The van der Waals surface area contributed by atoms with Crippen molar-refractivity contribution in [1.29, 1.82) is 0 Å². The number of likely N-dealkylation sites (N-methyl/N-ethyl adjacent to an activating group) is 2. The van der Waals surface area contributed by atoms with Gasteiger partial charge in [0, 0.05) is 33.5 Å². The molecule has 0 aliphatic carbocycles. The molecule has 2 aromatic rings. The Kier molecular flexibility index (Phi) is 15.8. The number of carbonyl (C=O) groups is 3. The molecular formula is C33H48Cl2N5O5+. The molecular weight excluding hydrogens is 617 g/mol. The summed E-state index contributed by atoms with van der Waals surface area (Å²) in [5.41, 5.74) is 2.17. The van der Waals surface area contributed by atoms with Gasteiger partial charge in [0.05, 0.1) is 52.4 Å². The summed E-state index contributed by atoms with van der Waals surface area (Å²) in [6, 6.07) is 15.1. The number of halogens is 2. The molecule has 2 amide bonds. The third kappa shape index (κ3) is 11.9. The molecule has 248 valence electrons. The Morgan fingerprint density at radius 1 is 0.911 bits per heavy atom. The van der Waals surface area contributed by atoms with Crippen molar-refractivity contribution in [2.75, 3.05) is 52.4 Å². The molecule has 1 aliphatic heterocycles. The van der Waals surface area contributed by atoms with Crippen LogP contribution >= 0.6 is 23.2 Å². The monoisotopic (exact) mass is 664 g/mol. The van der Waals surface area contributed by atoms with Crippen molar-refractivity contribution in [1.82, 2.24) is 10.6 Å². The highest BCUT2D eigenvalue weighted by molar-refractivity contribution is 6.33. The van der Waals surface area contributed by atoms with Gasteiger partial charge in [-0.3, -0.25) is 14.6 Å². The molecule has 1 saturated heterocycles. The summed E-state index contributed by atoms with van der Waals surface area (Å²) in [5.74, 6) is -2.46. The van der Waals surface area contributed by atoms with Gasteiger partial charge in [0.25, 0.3) is 5.91 Å². The minimum Gasteiger partial charge on any atom is -0.855 e. The highest BCUT2D eigenvalue weighted by atomic mass is 35.5. The molecule has 3 rings (SSSR count). The maximum atomic E-state index is 12.4. The number of quaternary nitrogens is 2. The second-order valence-electron chi connectivity index (χ2n) is 11.3. The van der Waals surface area contributed by atoms with E-state index in [9.17, 15) is 19.5 Å². The first-order chi connectivity index (χ1) is 21.4. The van der Waals surface area contributed by atoms with Gasteiger partial charge in [-0.1, -0.05) is 59.6 Å². The lowest BCUT2D eigenvalue weighted by atomic mass is 10.1. The molecule has 10 nitrogen and oxygen atoms in total. The average Bonchev–Trinajstić information content (AvgIpc) is 3.49. The number of rotatable bonds is 15. The highest BCUT2D eigenvalue weighted by Crippen LogP contribution is 2.22. The maximum absolute atomic E-state index is 12.4. The van der Waals surface area contributed by atoms with Gasteiger partial charge in [-0.05, 0) is 46.2 Å². The first-order valence-corrected chi connectivity index (χ1v) is 16.4. The van der Waals surface area contributed by atoms with E-state index in [1.165, 1.54) is 0 Å². The number of carboxylic acids is 1. The Balaban J connectivity index is 0.000000669. The molecule has 0 aromatic heterocycles. The predicted molar refractivity (Wildman–Crippen MR) is 177 cm³/mol. The fraction of sp³-hybridized carbons (Fsp3) is 0.515. The van der Waals surface area contributed by atoms with Crippen LogP contribution in [0.1, 0.15) is 51.7 Å². The summed E-state index contributed by atoms with van der Waals surface area (Å²) in [6.07, 6.45) is 0.769. The van der Waals surface area contributed by atoms with Gasteiger partial charge in [-0.25, -0.2) is 4.79 Å². The lowest BCUT2D eigenvalue weighted by molar-refractivity contribution is -0.936. The lowest BCUT2D eigenvalue weighted by Crippen LogP contribution is -2.52. The standard InChI is InChI=1S/C28H40Cl2N4O2.C5H7NO3/c1-5-33(6-2,21-23-13-9-11-15-25(23)29)19-17-31-27(35)28(36)32-18-20-34(7-3,8-4)22-24-14-10-12-16-26(24)30;7-4-2-1-3(6-4)5(8)9/h9-16H,5-8,17-22H2,1-4H3;3H,1-2H2,(H,6,7)(H,8,9)/p+1/t;3-/m.0/s1.